The zero-order valence-corrected chi connectivity index (χ0v) is 7.12. The van der Waals surface area contributed by atoms with E-state index in [0.717, 1.165) is 0 Å². The number of anilines is 1. The van der Waals surface area contributed by atoms with E-state index in [1.807, 2.05) is 0 Å². The van der Waals surface area contributed by atoms with E-state index in [4.69, 9.17) is 5.11 Å². The summed E-state index contributed by atoms with van der Waals surface area (Å²) in [6, 6.07) is 0. The number of carboxylic acids is 1. The highest BCUT2D eigenvalue weighted by atomic mass is 16.5. The van der Waals surface area contributed by atoms with Crippen molar-refractivity contribution in [1.29, 1.82) is 0 Å². The molecule has 1 aromatic heterocycles. The number of hydrogen-bond acceptors (Lipinski definition) is 4. The van der Waals surface area contributed by atoms with Crippen molar-refractivity contribution < 1.29 is 19.2 Å². The van der Waals surface area contributed by atoms with Crippen molar-refractivity contribution in [3.8, 4) is 0 Å². The number of amides is 1. The number of carbonyl (C=O) groups is 2. The van der Waals surface area contributed by atoms with Crippen LogP contribution in [0.3, 0.4) is 0 Å². The molecule has 1 heterocycles. The Hall–Kier alpha value is -1.85. The first-order valence-corrected chi connectivity index (χ1v) is 3.49. The number of nitrogens with one attached hydrogen (secondary N) is 1. The van der Waals surface area contributed by atoms with Crippen LogP contribution < -0.4 is 5.32 Å². The zero-order valence-electron chi connectivity index (χ0n) is 7.12. The predicted octanol–water partition coefficient (Wildman–Crippen LogP) is 0.640. The van der Waals surface area contributed by atoms with Crippen molar-refractivity contribution in [3.63, 3.8) is 0 Å². The molecular formula is C7H8N2O4. The summed E-state index contributed by atoms with van der Waals surface area (Å²) in [6.07, 6.45) is 0. The third-order valence-electron chi connectivity index (χ3n) is 1.42. The molecule has 1 amide bonds. The molecule has 0 aromatic carbocycles. The monoisotopic (exact) mass is 184 g/mol. The van der Waals surface area contributed by atoms with Crippen LogP contribution in [0.25, 0.3) is 0 Å². The normalized spacial score (nSPS) is 9.69. The van der Waals surface area contributed by atoms with E-state index in [1.54, 1.807) is 0 Å². The van der Waals surface area contributed by atoms with E-state index in [0.29, 0.717) is 5.56 Å². The Balaban J connectivity index is 2.99. The molecule has 0 fully saturated rings. The molecule has 0 bridgehead atoms. The maximum Gasteiger partial charge on any atom is 0.358 e. The summed E-state index contributed by atoms with van der Waals surface area (Å²) < 4.78 is 4.60. The Morgan fingerprint density at radius 1 is 1.54 bits per heavy atom. The largest absolute Gasteiger partial charge is 0.476 e. The number of hydrogen-bond donors (Lipinski definition) is 2. The van der Waals surface area contributed by atoms with Gasteiger partial charge in [0, 0.05) is 12.5 Å². The second kappa shape index (κ2) is 3.26. The number of rotatable bonds is 2. The maximum atomic E-state index is 10.6. The molecule has 70 valence electrons. The number of carboxylic acid groups (broad SMARTS) is 1. The Bertz CT molecular complexity index is 355. The highest BCUT2D eigenvalue weighted by molar-refractivity contribution is 5.92. The average Bonchev–Trinajstić information content (AvgIpc) is 2.32. The van der Waals surface area contributed by atoms with Crippen molar-refractivity contribution in [2.24, 2.45) is 0 Å². The molecule has 2 N–H and O–H groups in total. The average molecular weight is 184 g/mol. The predicted molar refractivity (Wildman–Crippen MR) is 42.5 cm³/mol. The lowest BCUT2D eigenvalue weighted by Gasteiger charge is -1.94. The lowest BCUT2D eigenvalue weighted by atomic mass is 10.2. The Morgan fingerprint density at radius 2 is 2.15 bits per heavy atom. The minimum atomic E-state index is -1.18. The van der Waals surface area contributed by atoms with Crippen LogP contribution in [0.2, 0.25) is 0 Å². The van der Waals surface area contributed by atoms with E-state index < -0.39 is 5.97 Å². The van der Waals surface area contributed by atoms with Gasteiger partial charge in [-0.25, -0.2) is 4.79 Å². The van der Waals surface area contributed by atoms with Gasteiger partial charge in [0.2, 0.25) is 11.8 Å². The van der Waals surface area contributed by atoms with Gasteiger partial charge < -0.3 is 9.63 Å². The molecule has 0 saturated carbocycles. The van der Waals surface area contributed by atoms with Gasteiger partial charge in [-0.05, 0) is 6.92 Å². The summed E-state index contributed by atoms with van der Waals surface area (Å²) in [5.74, 6) is -1.45. The summed E-state index contributed by atoms with van der Waals surface area (Å²) in [6.45, 7) is 2.80. The van der Waals surface area contributed by atoms with Crippen LogP contribution in [0.1, 0.15) is 23.0 Å². The van der Waals surface area contributed by atoms with Crippen LogP contribution in [-0.4, -0.2) is 22.1 Å². The van der Waals surface area contributed by atoms with E-state index in [2.05, 4.69) is 15.0 Å². The molecule has 13 heavy (non-hydrogen) atoms. The molecule has 0 radical (unpaired) electrons. The number of aromatic nitrogens is 1. The van der Waals surface area contributed by atoms with E-state index >= 15 is 0 Å². The van der Waals surface area contributed by atoms with Crippen LogP contribution in [-0.2, 0) is 4.79 Å². The molecule has 0 unspecified atom stereocenters. The Kier molecular flexibility index (Phi) is 2.32. The molecule has 0 aliphatic rings. The smallest absolute Gasteiger partial charge is 0.358 e. The summed E-state index contributed by atoms with van der Waals surface area (Å²) in [5, 5.41) is 14.2. The van der Waals surface area contributed by atoms with E-state index in [1.165, 1.54) is 13.8 Å². The Morgan fingerprint density at radius 3 is 2.54 bits per heavy atom. The lowest BCUT2D eigenvalue weighted by Crippen LogP contribution is -2.06. The highest BCUT2D eigenvalue weighted by Crippen LogP contribution is 2.17. The van der Waals surface area contributed by atoms with Crippen LogP contribution in [0.15, 0.2) is 4.52 Å². The van der Waals surface area contributed by atoms with Gasteiger partial charge in [0.1, 0.15) is 0 Å². The molecule has 0 atom stereocenters. The second-order valence-corrected chi connectivity index (χ2v) is 2.47. The van der Waals surface area contributed by atoms with Gasteiger partial charge in [-0.2, -0.15) is 0 Å². The lowest BCUT2D eigenvalue weighted by molar-refractivity contribution is -0.114. The van der Waals surface area contributed by atoms with E-state index in [-0.39, 0.29) is 17.5 Å². The number of nitrogens with zero attached hydrogens (tertiary/aromatic N) is 1. The van der Waals surface area contributed by atoms with Gasteiger partial charge in [0.25, 0.3) is 0 Å². The third-order valence-corrected chi connectivity index (χ3v) is 1.42. The number of aromatic carboxylic acids is 1. The van der Waals surface area contributed by atoms with Gasteiger partial charge in [-0.1, -0.05) is 5.16 Å². The van der Waals surface area contributed by atoms with Gasteiger partial charge in [-0.3, -0.25) is 10.1 Å². The third kappa shape index (κ3) is 1.84. The van der Waals surface area contributed by atoms with Crippen molar-refractivity contribution in [2.75, 3.05) is 5.32 Å². The van der Waals surface area contributed by atoms with Crippen molar-refractivity contribution >= 4 is 17.8 Å². The van der Waals surface area contributed by atoms with Gasteiger partial charge in [-0.15, -0.1) is 0 Å². The van der Waals surface area contributed by atoms with Gasteiger partial charge in [0.15, 0.2) is 5.69 Å². The molecule has 0 aliphatic carbocycles. The fraction of sp³-hybridized carbons (Fsp3) is 0.286. The van der Waals surface area contributed by atoms with Crippen LogP contribution in [0.5, 0.6) is 0 Å². The van der Waals surface area contributed by atoms with Gasteiger partial charge >= 0.3 is 5.97 Å². The fourth-order valence-corrected chi connectivity index (χ4v) is 0.812. The Labute approximate surface area is 73.5 Å². The molecule has 0 saturated heterocycles. The van der Waals surface area contributed by atoms with Gasteiger partial charge in [0.05, 0.1) is 0 Å². The minimum Gasteiger partial charge on any atom is -0.476 e. The quantitative estimate of drug-likeness (QED) is 0.703. The molecule has 6 heteroatoms. The van der Waals surface area contributed by atoms with Crippen molar-refractivity contribution in [1.82, 2.24) is 5.16 Å². The summed E-state index contributed by atoms with van der Waals surface area (Å²) in [5.41, 5.74) is 0.117. The minimum absolute atomic E-state index is 0.0740. The molecule has 0 spiro atoms. The molecule has 0 aliphatic heterocycles. The summed E-state index contributed by atoms with van der Waals surface area (Å²) in [4.78, 5) is 21.1. The summed E-state index contributed by atoms with van der Waals surface area (Å²) in [7, 11) is 0. The van der Waals surface area contributed by atoms with Crippen LogP contribution in [0, 0.1) is 6.92 Å². The number of carbonyl (C=O) groups excluding carboxylic acids is 1. The molecular weight excluding hydrogens is 176 g/mol. The van der Waals surface area contributed by atoms with Crippen molar-refractivity contribution in [3.05, 3.63) is 11.3 Å². The van der Waals surface area contributed by atoms with Crippen molar-refractivity contribution in [2.45, 2.75) is 13.8 Å². The maximum absolute atomic E-state index is 10.6. The van der Waals surface area contributed by atoms with Crippen LogP contribution in [0.4, 0.5) is 5.88 Å². The molecule has 1 rings (SSSR count). The van der Waals surface area contributed by atoms with E-state index in [9.17, 15) is 9.59 Å². The first-order valence-electron chi connectivity index (χ1n) is 3.49. The first kappa shape index (κ1) is 9.24. The topological polar surface area (TPSA) is 92.4 Å². The molecule has 6 nitrogen and oxygen atoms in total. The van der Waals surface area contributed by atoms with Crippen LogP contribution >= 0.6 is 0 Å². The fourth-order valence-electron chi connectivity index (χ4n) is 0.812. The highest BCUT2D eigenvalue weighted by Gasteiger charge is 2.17. The summed E-state index contributed by atoms with van der Waals surface area (Å²) >= 11 is 0. The first-order chi connectivity index (χ1) is 6.02. The standard InChI is InChI=1S/C7H8N2O4/c1-3-5(7(11)12)9-13-6(3)8-4(2)10/h1-2H3,(H,8,10)(H,11,12). The molecule has 1 aromatic rings. The zero-order chi connectivity index (χ0) is 10.0. The second-order valence-electron chi connectivity index (χ2n) is 2.47. The SMILES string of the molecule is CC(=O)Nc1onc(C(=O)O)c1C.